The largest absolute Gasteiger partial charge is 0.374 e. The number of rotatable bonds is 3. The highest BCUT2D eigenvalue weighted by molar-refractivity contribution is 7.99. The summed E-state index contributed by atoms with van der Waals surface area (Å²) in [6.07, 6.45) is 3.13. The van der Waals surface area contributed by atoms with Gasteiger partial charge in [0.2, 0.25) is 0 Å². The fourth-order valence-electron chi connectivity index (χ4n) is 2.98. The van der Waals surface area contributed by atoms with E-state index in [2.05, 4.69) is 5.32 Å². The monoisotopic (exact) mass is 299 g/mol. The number of halogens is 2. The Kier molecular flexibility index (Phi) is 4.29. The van der Waals surface area contributed by atoms with Crippen LogP contribution in [-0.2, 0) is 11.3 Å². The van der Waals surface area contributed by atoms with Crippen LogP contribution < -0.4 is 5.32 Å². The molecule has 0 amide bonds. The van der Waals surface area contributed by atoms with Crippen molar-refractivity contribution in [3.63, 3.8) is 0 Å². The average molecular weight is 299 g/mol. The van der Waals surface area contributed by atoms with Gasteiger partial charge in [-0.05, 0) is 42.7 Å². The molecule has 2 unspecified atom stereocenters. The molecule has 2 aliphatic heterocycles. The van der Waals surface area contributed by atoms with E-state index in [4.69, 9.17) is 4.74 Å². The van der Waals surface area contributed by atoms with Crippen LogP contribution in [0.2, 0.25) is 0 Å². The van der Waals surface area contributed by atoms with Gasteiger partial charge in [0, 0.05) is 24.9 Å². The Balaban J connectivity index is 1.56. The van der Waals surface area contributed by atoms with Gasteiger partial charge in [-0.3, -0.25) is 0 Å². The fraction of sp³-hybridized carbons (Fsp3) is 0.600. The third-order valence-electron chi connectivity index (χ3n) is 4.14. The van der Waals surface area contributed by atoms with Crippen LogP contribution in [0.4, 0.5) is 8.78 Å². The molecule has 0 bridgehead atoms. The van der Waals surface area contributed by atoms with Crippen molar-refractivity contribution in [3.8, 4) is 0 Å². The maximum Gasteiger partial charge on any atom is 0.159 e. The molecule has 1 N–H and O–H groups in total. The summed E-state index contributed by atoms with van der Waals surface area (Å²) in [6.45, 7) is 1.36. The van der Waals surface area contributed by atoms with Gasteiger partial charge in [-0.15, -0.1) is 0 Å². The first-order valence-electron chi connectivity index (χ1n) is 7.06. The van der Waals surface area contributed by atoms with Crippen molar-refractivity contribution in [3.05, 3.63) is 35.4 Å². The second-order valence-electron chi connectivity index (χ2n) is 5.65. The summed E-state index contributed by atoms with van der Waals surface area (Å²) in [7, 11) is 0. The summed E-state index contributed by atoms with van der Waals surface area (Å²) in [6, 6.07) is 4.48. The molecule has 1 aromatic rings. The second-order valence-corrected chi connectivity index (χ2v) is 6.76. The topological polar surface area (TPSA) is 21.3 Å². The summed E-state index contributed by atoms with van der Waals surface area (Å²) in [5.74, 6) is 0.688. The Morgan fingerprint density at radius 1 is 1.35 bits per heavy atom. The van der Waals surface area contributed by atoms with E-state index in [0.29, 0.717) is 12.6 Å². The zero-order valence-electron chi connectivity index (χ0n) is 11.3. The number of hydrogen-bond donors (Lipinski definition) is 1. The van der Waals surface area contributed by atoms with Gasteiger partial charge in [-0.2, -0.15) is 11.8 Å². The van der Waals surface area contributed by atoms with Crippen LogP contribution in [-0.4, -0.2) is 29.8 Å². The molecule has 0 aromatic heterocycles. The molecule has 1 spiro atoms. The standard InChI is InChI=1S/C15H19F2NOS/c16-13-2-1-11(7-14(13)17)9-18-12-3-5-19-15(8-12)4-6-20-10-15/h1-2,7,12,18H,3-6,8-10H2. The molecule has 0 saturated carbocycles. The third kappa shape index (κ3) is 3.15. The van der Waals surface area contributed by atoms with Crippen molar-refractivity contribution < 1.29 is 13.5 Å². The highest BCUT2D eigenvalue weighted by Crippen LogP contribution is 2.38. The van der Waals surface area contributed by atoms with E-state index in [9.17, 15) is 8.78 Å². The van der Waals surface area contributed by atoms with Gasteiger partial charge < -0.3 is 10.1 Å². The zero-order valence-corrected chi connectivity index (χ0v) is 12.1. The molecule has 0 aliphatic carbocycles. The van der Waals surface area contributed by atoms with Crippen molar-refractivity contribution in [2.75, 3.05) is 18.1 Å². The van der Waals surface area contributed by atoms with Crippen molar-refractivity contribution in [2.24, 2.45) is 0 Å². The third-order valence-corrected chi connectivity index (χ3v) is 5.36. The predicted molar refractivity (Wildman–Crippen MR) is 76.8 cm³/mol. The molecule has 2 heterocycles. The summed E-state index contributed by atoms with van der Waals surface area (Å²) >= 11 is 1.96. The quantitative estimate of drug-likeness (QED) is 0.926. The minimum absolute atomic E-state index is 0.0502. The van der Waals surface area contributed by atoms with E-state index in [0.717, 1.165) is 37.2 Å². The number of ether oxygens (including phenoxy) is 1. The van der Waals surface area contributed by atoms with Crippen LogP contribution in [0.15, 0.2) is 18.2 Å². The minimum Gasteiger partial charge on any atom is -0.374 e. The van der Waals surface area contributed by atoms with Crippen molar-refractivity contribution >= 4 is 11.8 Å². The Bertz CT molecular complexity index is 477. The molecule has 2 nitrogen and oxygen atoms in total. The predicted octanol–water partition coefficient (Wildman–Crippen LogP) is 3.11. The van der Waals surface area contributed by atoms with Gasteiger partial charge in [-0.1, -0.05) is 6.07 Å². The Morgan fingerprint density at radius 3 is 3.00 bits per heavy atom. The van der Waals surface area contributed by atoms with Gasteiger partial charge in [0.1, 0.15) is 0 Å². The van der Waals surface area contributed by atoms with Crippen LogP contribution >= 0.6 is 11.8 Å². The summed E-state index contributed by atoms with van der Waals surface area (Å²) in [4.78, 5) is 0. The smallest absolute Gasteiger partial charge is 0.159 e. The summed E-state index contributed by atoms with van der Waals surface area (Å²) in [5, 5.41) is 3.46. The normalized spacial score (nSPS) is 30.0. The highest BCUT2D eigenvalue weighted by Gasteiger charge is 2.40. The van der Waals surface area contributed by atoms with Gasteiger partial charge in [0.15, 0.2) is 11.6 Å². The summed E-state index contributed by atoms with van der Waals surface area (Å²) in [5.41, 5.74) is 0.833. The molecule has 2 atom stereocenters. The molecule has 5 heteroatoms. The van der Waals surface area contributed by atoms with Gasteiger partial charge in [0.25, 0.3) is 0 Å². The first kappa shape index (κ1) is 14.3. The van der Waals surface area contributed by atoms with Crippen LogP contribution in [0.5, 0.6) is 0 Å². The van der Waals surface area contributed by atoms with E-state index >= 15 is 0 Å². The van der Waals surface area contributed by atoms with E-state index in [1.54, 1.807) is 6.07 Å². The lowest BCUT2D eigenvalue weighted by Crippen LogP contribution is -2.47. The zero-order chi connectivity index (χ0) is 14.0. The van der Waals surface area contributed by atoms with E-state index < -0.39 is 11.6 Å². The number of benzene rings is 1. The number of hydrogen-bond acceptors (Lipinski definition) is 3. The molecule has 3 rings (SSSR count). The van der Waals surface area contributed by atoms with Gasteiger partial charge in [-0.25, -0.2) is 8.78 Å². The second kappa shape index (κ2) is 6.00. The lowest BCUT2D eigenvalue weighted by Gasteiger charge is -2.38. The van der Waals surface area contributed by atoms with E-state index in [1.165, 1.54) is 17.9 Å². The number of nitrogens with one attached hydrogen (secondary N) is 1. The van der Waals surface area contributed by atoms with Crippen LogP contribution in [0.1, 0.15) is 24.8 Å². The molecule has 2 aliphatic rings. The van der Waals surface area contributed by atoms with Gasteiger partial charge in [0.05, 0.1) is 5.60 Å². The van der Waals surface area contributed by atoms with Crippen LogP contribution in [0, 0.1) is 11.6 Å². The van der Waals surface area contributed by atoms with Crippen LogP contribution in [0.25, 0.3) is 0 Å². The fourth-order valence-corrected chi connectivity index (χ4v) is 4.36. The molecule has 1 aromatic carbocycles. The molecule has 0 radical (unpaired) electrons. The van der Waals surface area contributed by atoms with Crippen molar-refractivity contribution in [1.29, 1.82) is 0 Å². The van der Waals surface area contributed by atoms with Crippen LogP contribution in [0.3, 0.4) is 0 Å². The number of thioether (sulfide) groups is 1. The molecule has 20 heavy (non-hydrogen) atoms. The minimum atomic E-state index is -0.790. The Hall–Kier alpha value is -0.650. The SMILES string of the molecule is Fc1ccc(CNC2CCOC3(CCSC3)C2)cc1F. The first-order valence-corrected chi connectivity index (χ1v) is 8.21. The molecular weight excluding hydrogens is 280 g/mol. The Labute approximate surface area is 122 Å². The lowest BCUT2D eigenvalue weighted by atomic mass is 9.90. The molecular formula is C15H19F2NOS. The molecule has 2 fully saturated rings. The van der Waals surface area contributed by atoms with Crippen molar-refractivity contribution in [2.45, 2.75) is 37.5 Å². The molecule has 110 valence electrons. The van der Waals surface area contributed by atoms with Crippen molar-refractivity contribution in [1.82, 2.24) is 5.32 Å². The molecule has 2 saturated heterocycles. The summed E-state index contributed by atoms with van der Waals surface area (Å²) < 4.78 is 32.0. The highest BCUT2D eigenvalue weighted by atomic mass is 32.2. The van der Waals surface area contributed by atoms with E-state index in [1.807, 2.05) is 11.8 Å². The maximum absolute atomic E-state index is 13.2. The Morgan fingerprint density at radius 2 is 2.25 bits per heavy atom. The lowest BCUT2D eigenvalue weighted by molar-refractivity contribution is -0.0703. The van der Waals surface area contributed by atoms with Gasteiger partial charge >= 0.3 is 0 Å². The first-order chi connectivity index (χ1) is 9.67. The maximum atomic E-state index is 13.2. The van der Waals surface area contributed by atoms with E-state index in [-0.39, 0.29) is 5.60 Å². The average Bonchev–Trinajstić information content (AvgIpc) is 2.88.